The maximum Gasteiger partial charge on any atom is 0.259 e. The monoisotopic (exact) mass is 385 g/mol. The molecule has 6 nitrogen and oxygen atoms in total. The van der Waals surface area contributed by atoms with E-state index in [0.29, 0.717) is 11.3 Å². The van der Waals surface area contributed by atoms with Crippen molar-refractivity contribution in [1.82, 2.24) is 19.6 Å². The van der Waals surface area contributed by atoms with E-state index in [9.17, 15) is 4.79 Å². The molecular weight excluding hydrogens is 362 g/mol. The highest BCUT2D eigenvalue weighted by molar-refractivity contribution is 6.08. The molecule has 2 aromatic carbocycles. The van der Waals surface area contributed by atoms with Gasteiger partial charge in [0.1, 0.15) is 5.69 Å². The van der Waals surface area contributed by atoms with Crippen molar-refractivity contribution in [2.24, 2.45) is 0 Å². The minimum absolute atomic E-state index is 0.201. The van der Waals surface area contributed by atoms with E-state index in [1.807, 2.05) is 86.1 Å². The van der Waals surface area contributed by atoms with E-state index in [1.165, 1.54) is 0 Å². The third-order valence-corrected chi connectivity index (χ3v) is 4.95. The van der Waals surface area contributed by atoms with Gasteiger partial charge in [0.2, 0.25) is 0 Å². The number of anilines is 1. The van der Waals surface area contributed by atoms with Gasteiger partial charge in [-0.2, -0.15) is 10.2 Å². The molecule has 146 valence electrons. The normalized spacial score (nSPS) is 10.9. The van der Waals surface area contributed by atoms with Crippen molar-refractivity contribution in [1.29, 1.82) is 0 Å². The van der Waals surface area contributed by atoms with E-state index in [2.05, 4.69) is 10.4 Å². The van der Waals surface area contributed by atoms with Gasteiger partial charge in [-0.15, -0.1) is 0 Å². The van der Waals surface area contributed by atoms with Crippen LogP contribution in [0.1, 0.15) is 28.7 Å². The lowest BCUT2D eigenvalue weighted by atomic mass is 10.1. The van der Waals surface area contributed by atoms with Crippen molar-refractivity contribution >= 4 is 11.6 Å². The molecule has 0 bridgehead atoms. The van der Waals surface area contributed by atoms with Gasteiger partial charge in [0, 0.05) is 18.3 Å². The van der Waals surface area contributed by atoms with Gasteiger partial charge >= 0.3 is 0 Å². The Balaban J connectivity index is 1.77. The molecular formula is C23H23N5O. The lowest BCUT2D eigenvalue weighted by molar-refractivity contribution is 0.102. The Labute approximate surface area is 169 Å². The summed E-state index contributed by atoms with van der Waals surface area (Å²) in [6.45, 7) is 6.65. The highest BCUT2D eigenvalue weighted by Gasteiger charge is 2.21. The molecule has 4 rings (SSSR count). The number of amides is 1. The van der Waals surface area contributed by atoms with Crippen LogP contribution in [-0.2, 0) is 6.54 Å². The Kier molecular flexibility index (Phi) is 4.99. The number of rotatable bonds is 5. The first-order valence-corrected chi connectivity index (χ1v) is 9.64. The lowest BCUT2D eigenvalue weighted by Crippen LogP contribution is -2.13. The van der Waals surface area contributed by atoms with Crippen molar-refractivity contribution in [2.45, 2.75) is 27.3 Å². The molecule has 29 heavy (non-hydrogen) atoms. The molecule has 4 aromatic rings. The molecule has 0 aliphatic carbocycles. The van der Waals surface area contributed by atoms with Gasteiger partial charge in [-0.05, 0) is 32.9 Å². The van der Waals surface area contributed by atoms with Gasteiger partial charge in [-0.1, -0.05) is 48.5 Å². The van der Waals surface area contributed by atoms with E-state index in [4.69, 9.17) is 5.10 Å². The summed E-state index contributed by atoms with van der Waals surface area (Å²) in [7, 11) is 0. The summed E-state index contributed by atoms with van der Waals surface area (Å²) >= 11 is 0. The number of nitrogens with zero attached hydrogens (tertiary/aromatic N) is 4. The molecule has 0 saturated heterocycles. The SMILES string of the molecule is CCn1nc(C)c(NC(=O)c2cn(-c3ccccc3)nc2-c2ccccc2)c1C. The number of hydrogen-bond donors (Lipinski definition) is 1. The number of nitrogens with one attached hydrogen (secondary N) is 1. The minimum atomic E-state index is -0.201. The van der Waals surface area contributed by atoms with Crippen LogP contribution in [0.5, 0.6) is 0 Å². The zero-order chi connectivity index (χ0) is 20.4. The third kappa shape index (κ3) is 3.57. The van der Waals surface area contributed by atoms with Gasteiger partial charge < -0.3 is 5.32 Å². The molecule has 1 amide bonds. The van der Waals surface area contributed by atoms with Crippen molar-refractivity contribution in [3.05, 3.63) is 83.8 Å². The molecule has 0 unspecified atom stereocenters. The van der Waals surface area contributed by atoms with Gasteiger partial charge in [-0.25, -0.2) is 4.68 Å². The zero-order valence-corrected chi connectivity index (χ0v) is 16.8. The molecule has 0 aliphatic heterocycles. The first kappa shape index (κ1) is 18.7. The molecule has 6 heteroatoms. The van der Waals surface area contributed by atoms with Crippen LogP contribution in [0.2, 0.25) is 0 Å². The smallest absolute Gasteiger partial charge is 0.259 e. The van der Waals surface area contributed by atoms with Crippen molar-refractivity contribution < 1.29 is 4.79 Å². The molecule has 0 aliphatic rings. The Morgan fingerprint density at radius 2 is 1.62 bits per heavy atom. The molecule has 0 atom stereocenters. The quantitative estimate of drug-likeness (QED) is 0.545. The number of carbonyl (C=O) groups excluding carboxylic acids is 1. The average molecular weight is 385 g/mol. The molecule has 1 N–H and O–H groups in total. The van der Waals surface area contributed by atoms with E-state index in [1.54, 1.807) is 10.9 Å². The molecule has 2 aromatic heterocycles. The number of hydrogen-bond acceptors (Lipinski definition) is 3. The van der Waals surface area contributed by atoms with Gasteiger partial charge in [0.05, 0.1) is 28.3 Å². The lowest BCUT2D eigenvalue weighted by Gasteiger charge is -2.06. The first-order valence-electron chi connectivity index (χ1n) is 9.64. The van der Waals surface area contributed by atoms with Crippen molar-refractivity contribution in [3.63, 3.8) is 0 Å². The Morgan fingerprint density at radius 3 is 2.24 bits per heavy atom. The highest BCUT2D eigenvalue weighted by atomic mass is 16.1. The van der Waals surface area contributed by atoms with E-state index >= 15 is 0 Å². The molecule has 0 spiro atoms. The standard InChI is InChI=1S/C23H23N5O/c1-4-27-17(3)21(16(2)25-27)24-23(29)20-15-28(19-13-9-6-10-14-19)26-22(20)18-11-7-5-8-12-18/h5-15H,4H2,1-3H3,(H,24,29). The van der Waals surface area contributed by atoms with E-state index in [-0.39, 0.29) is 5.91 Å². The summed E-state index contributed by atoms with van der Waals surface area (Å²) in [6.07, 6.45) is 1.78. The summed E-state index contributed by atoms with van der Waals surface area (Å²) < 4.78 is 3.63. The van der Waals surface area contributed by atoms with Gasteiger partial charge in [0.25, 0.3) is 5.91 Å². The van der Waals surface area contributed by atoms with Crippen molar-refractivity contribution in [2.75, 3.05) is 5.32 Å². The summed E-state index contributed by atoms with van der Waals surface area (Å²) in [5.74, 6) is -0.201. The van der Waals surface area contributed by atoms with Crippen molar-refractivity contribution in [3.8, 4) is 16.9 Å². The minimum Gasteiger partial charge on any atom is -0.319 e. The number of aryl methyl sites for hydroxylation is 2. The maximum absolute atomic E-state index is 13.3. The van der Waals surface area contributed by atoms with Crippen LogP contribution in [0.3, 0.4) is 0 Å². The second-order valence-electron chi connectivity index (χ2n) is 6.85. The number of aromatic nitrogens is 4. The fourth-order valence-corrected chi connectivity index (χ4v) is 3.43. The van der Waals surface area contributed by atoms with Crippen LogP contribution >= 0.6 is 0 Å². The van der Waals surface area contributed by atoms with Crippen LogP contribution in [0.4, 0.5) is 5.69 Å². The van der Waals surface area contributed by atoms with Gasteiger partial charge in [-0.3, -0.25) is 9.48 Å². The summed E-state index contributed by atoms with van der Waals surface area (Å²) in [5.41, 5.74) is 5.45. The molecule has 2 heterocycles. The molecule has 0 fully saturated rings. The Morgan fingerprint density at radius 1 is 0.966 bits per heavy atom. The number of carbonyl (C=O) groups is 1. The molecule has 0 radical (unpaired) electrons. The number of para-hydroxylation sites is 1. The Hall–Kier alpha value is -3.67. The second-order valence-corrected chi connectivity index (χ2v) is 6.85. The molecule has 0 saturated carbocycles. The summed E-state index contributed by atoms with van der Waals surface area (Å²) in [4.78, 5) is 13.3. The fraction of sp³-hybridized carbons (Fsp3) is 0.174. The fourth-order valence-electron chi connectivity index (χ4n) is 3.43. The summed E-state index contributed by atoms with van der Waals surface area (Å²) in [6, 6.07) is 19.5. The average Bonchev–Trinajstić information content (AvgIpc) is 3.32. The van der Waals surface area contributed by atoms with Gasteiger partial charge in [0.15, 0.2) is 0 Å². The highest BCUT2D eigenvalue weighted by Crippen LogP contribution is 2.26. The summed E-state index contributed by atoms with van der Waals surface area (Å²) in [5, 5.41) is 12.3. The maximum atomic E-state index is 13.3. The largest absolute Gasteiger partial charge is 0.319 e. The Bertz CT molecular complexity index is 1140. The van der Waals surface area contributed by atoms with E-state index in [0.717, 1.165) is 34.9 Å². The van der Waals surface area contributed by atoms with E-state index < -0.39 is 0 Å². The third-order valence-electron chi connectivity index (χ3n) is 4.95. The number of benzene rings is 2. The van der Waals surface area contributed by atoms with Crippen LogP contribution in [0, 0.1) is 13.8 Å². The van der Waals surface area contributed by atoms with Crippen LogP contribution < -0.4 is 5.32 Å². The zero-order valence-electron chi connectivity index (χ0n) is 16.8. The topological polar surface area (TPSA) is 64.7 Å². The van der Waals surface area contributed by atoms with Crippen LogP contribution in [-0.4, -0.2) is 25.5 Å². The first-order chi connectivity index (χ1) is 14.1. The second kappa shape index (κ2) is 7.75. The predicted octanol–water partition coefficient (Wildman–Crippen LogP) is 4.62. The predicted molar refractivity (Wildman–Crippen MR) is 114 cm³/mol. The van der Waals surface area contributed by atoms with Crippen LogP contribution in [0.25, 0.3) is 16.9 Å². The van der Waals surface area contributed by atoms with Crippen LogP contribution in [0.15, 0.2) is 66.9 Å².